The second-order valence-corrected chi connectivity index (χ2v) is 15.3. The normalized spacial score (nSPS) is 28.7. The predicted molar refractivity (Wildman–Crippen MR) is 185 cm³/mol. The van der Waals surface area contributed by atoms with E-state index in [1.807, 2.05) is 0 Å². The van der Waals surface area contributed by atoms with Crippen molar-refractivity contribution in [3.8, 4) is 0 Å². The van der Waals surface area contributed by atoms with Gasteiger partial charge in [0.05, 0.1) is 35.9 Å². The van der Waals surface area contributed by atoms with Crippen molar-refractivity contribution in [3.05, 3.63) is 0 Å². The van der Waals surface area contributed by atoms with Crippen LogP contribution in [0.2, 0.25) is 0 Å². The Morgan fingerprint density at radius 1 is 0.479 bits per heavy atom. The third-order valence-corrected chi connectivity index (χ3v) is 12.0. The largest absolute Gasteiger partial charge is 0.465 e. The molecule has 4 atom stereocenters. The first-order valence-electron chi connectivity index (χ1n) is 20.2. The fourth-order valence-corrected chi connectivity index (χ4v) is 9.40. The first-order valence-corrected chi connectivity index (χ1v) is 20.2. The standard InChI is InChI=1S/C40H66O8/c1-3-5-7-19-29-45-35(41)33-25-15-17-27-39(33,37(43)46-30-20-8-6-4-2)40(38(44)48-32-23-13-10-14-24-32)28-18-16-26-34(40)36(42)47-31-21-11-9-12-22-31/h31-34H,3-30H2,1-2H3. The van der Waals surface area contributed by atoms with Crippen LogP contribution in [0.3, 0.4) is 0 Å². The molecule has 4 unspecified atom stereocenters. The number of hydrogen-bond donors (Lipinski definition) is 0. The summed E-state index contributed by atoms with van der Waals surface area (Å²) in [5.41, 5.74) is -3.11. The molecule has 8 nitrogen and oxygen atoms in total. The van der Waals surface area contributed by atoms with E-state index in [-0.39, 0.29) is 25.4 Å². The highest BCUT2D eigenvalue weighted by Crippen LogP contribution is 2.63. The van der Waals surface area contributed by atoms with Crippen LogP contribution in [0.25, 0.3) is 0 Å². The molecule has 0 aromatic heterocycles. The van der Waals surface area contributed by atoms with Crippen LogP contribution in [0, 0.1) is 22.7 Å². The maximum absolute atomic E-state index is 15.1. The van der Waals surface area contributed by atoms with Gasteiger partial charge in [-0.3, -0.25) is 19.2 Å². The maximum Gasteiger partial charge on any atom is 0.314 e. The van der Waals surface area contributed by atoms with E-state index >= 15 is 4.79 Å². The monoisotopic (exact) mass is 674 g/mol. The van der Waals surface area contributed by atoms with Crippen LogP contribution in [-0.4, -0.2) is 49.3 Å². The van der Waals surface area contributed by atoms with E-state index in [2.05, 4.69) is 13.8 Å². The van der Waals surface area contributed by atoms with Crippen LogP contribution in [0.15, 0.2) is 0 Å². The van der Waals surface area contributed by atoms with Crippen molar-refractivity contribution < 1.29 is 38.1 Å². The minimum absolute atomic E-state index is 0.183. The molecule has 0 aromatic rings. The van der Waals surface area contributed by atoms with Gasteiger partial charge in [-0.2, -0.15) is 0 Å². The van der Waals surface area contributed by atoms with Crippen molar-refractivity contribution in [2.24, 2.45) is 22.7 Å². The average Bonchev–Trinajstić information content (AvgIpc) is 3.11. The zero-order chi connectivity index (χ0) is 34.2. The lowest BCUT2D eigenvalue weighted by atomic mass is 9.45. The van der Waals surface area contributed by atoms with Crippen LogP contribution in [0.1, 0.15) is 181 Å². The lowest BCUT2D eigenvalue weighted by Crippen LogP contribution is -2.65. The van der Waals surface area contributed by atoms with E-state index in [0.29, 0.717) is 38.5 Å². The summed E-state index contributed by atoms with van der Waals surface area (Å²) in [4.78, 5) is 58.8. The zero-order valence-electron chi connectivity index (χ0n) is 30.4. The number of esters is 4. The molecule has 0 aliphatic heterocycles. The Labute approximate surface area is 290 Å². The molecule has 4 fully saturated rings. The molecule has 0 radical (unpaired) electrons. The van der Waals surface area contributed by atoms with E-state index in [9.17, 15) is 14.4 Å². The van der Waals surface area contributed by atoms with Gasteiger partial charge in [-0.15, -0.1) is 0 Å². The molecule has 48 heavy (non-hydrogen) atoms. The first-order chi connectivity index (χ1) is 23.4. The van der Waals surface area contributed by atoms with E-state index in [1.54, 1.807) is 0 Å². The third-order valence-electron chi connectivity index (χ3n) is 12.0. The van der Waals surface area contributed by atoms with Gasteiger partial charge in [0.15, 0.2) is 0 Å². The van der Waals surface area contributed by atoms with Gasteiger partial charge in [0.2, 0.25) is 0 Å². The van der Waals surface area contributed by atoms with E-state index in [1.165, 1.54) is 0 Å². The fraction of sp³-hybridized carbons (Fsp3) is 0.900. The first kappa shape index (κ1) is 38.7. The second kappa shape index (κ2) is 19.9. The molecule has 0 saturated heterocycles. The molecule has 0 bridgehead atoms. The molecule has 0 spiro atoms. The highest BCUT2D eigenvalue weighted by atomic mass is 16.6. The molecule has 4 aliphatic carbocycles. The predicted octanol–water partition coefficient (Wildman–Crippen LogP) is 9.34. The smallest absolute Gasteiger partial charge is 0.314 e. The highest BCUT2D eigenvalue weighted by molar-refractivity contribution is 5.96. The Bertz CT molecular complexity index is 1010. The van der Waals surface area contributed by atoms with Crippen LogP contribution in [0.5, 0.6) is 0 Å². The van der Waals surface area contributed by atoms with E-state index < -0.39 is 46.5 Å². The summed E-state index contributed by atoms with van der Waals surface area (Å²) in [6.07, 6.45) is 20.8. The van der Waals surface area contributed by atoms with Crippen molar-refractivity contribution in [1.29, 1.82) is 0 Å². The van der Waals surface area contributed by atoms with Gasteiger partial charge in [-0.25, -0.2) is 0 Å². The van der Waals surface area contributed by atoms with Gasteiger partial charge in [-0.05, 0) is 89.9 Å². The number of hydrogen-bond acceptors (Lipinski definition) is 8. The van der Waals surface area contributed by atoms with Gasteiger partial charge >= 0.3 is 23.9 Å². The maximum atomic E-state index is 15.1. The second-order valence-electron chi connectivity index (χ2n) is 15.3. The summed E-state index contributed by atoms with van der Waals surface area (Å²) in [6, 6.07) is 0. The minimum atomic E-state index is -1.56. The van der Waals surface area contributed by atoms with Crippen LogP contribution < -0.4 is 0 Å². The fourth-order valence-electron chi connectivity index (χ4n) is 9.40. The summed E-state index contributed by atoms with van der Waals surface area (Å²) in [5, 5.41) is 0. The minimum Gasteiger partial charge on any atom is -0.465 e. The number of ether oxygens (including phenoxy) is 4. The van der Waals surface area contributed by atoms with Gasteiger partial charge in [0.1, 0.15) is 12.2 Å². The average molecular weight is 675 g/mol. The van der Waals surface area contributed by atoms with Crippen LogP contribution in [-0.2, 0) is 38.1 Å². The Morgan fingerprint density at radius 3 is 1.48 bits per heavy atom. The number of rotatable bonds is 17. The van der Waals surface area contributed by atoms with Crippen molar-refractivity contribution in [2.75, 3.05) is 13.2 Å². The summed E-state index contributed by atoms with van der Waals surface area (Å²) < 4.78 is 24.8. The van der Waals surface area contributed by atoms with Gasteiger partial charge in [0, 0.05) is 0 Å². The molecule has 0 N–H and O–H groups in total. The number of carbonyl (C=O) groups excluding carboxylic acids is 4. The number of unbranched alkanes of at least 4 members (excludes halogenated alkanes) is 6. The quantitative estimate of drug-likeness (QED) is 0.0854. The van der Waals surface area contributed by atoms with Gasteiger partial charge in [-0.1, -0.05) is 90.9 Å². The van der Waals surface area contributed by atoms with Crippen molar-refractivity contribution in [3.63, 3.8) is 0 Å². The van der Waals surface area contributed by atoms with E-state index in [4.69, 9.17) is 18.9 Å². The van der Waals surface area contributed by atoms with Crippen molar-refractivity contribution in [1.82, 2.24) is 0 Å². The Morgan fingerprint density at radius 2 is 0.938 bits per heavy atom. The van der Waals surface area contributed by atoms with Crippen LogP contribution in [0.4, 0.5) is 0 Å². The lowest BCUT2D eigenvalue weighted by Gasteiger charge is -2.56. The highest BCUT2D eigenvalue weighted by Gasteiger charge is 2.72. The van der Waals surface area contributed by atoms with Crippen molar-refractivity contribution in [2.45, 2.75) is 193 Å². The Balaban J connectivity index is 1.78. The molecule has 0 amide bonds. The van der Waals surface area contributed by atoms with Gasteiger partial charge < -0.3 is 18.9 Å². The molecule has 8 heteroatoms. The molecule has 274 valence electrons. The molecule has 0 heterocycles. The summed E-state index contributed by atoms with van der Waals surface area (Å²) in [5.74, 6) is -3.63. The summed E-state index contributed by atoms with van der Waals surface area (Å²) in [6.45, 7) is 4.79. The topological polar surface area (TPSA) is 105 Å². The Hall–Kier alpha value is -2.12. The number of carbonyl (C=O) groups is 4. The molecular formula is C40H66O8. The molecule has 0 aromatic carbocycles. The molecule has 4 rings (SSSR count). The summed E-state index contributed by atoms with van der Waals surface area (Å²) >= 11 is 0. The van der Waals surface area contributed by atoms with E-state index in [0.717, 1.165) is 128 Å². The summed E-state index contributed by atoms with van der Waals surface area (Å²) in [7, 11) is 0. The van der Waals surface area contributed by atoms with Crippen LogP contribution >= 0.6 is 0 Å². The zero-order valence-corrected chi connectivity index (χ0v) is 30.4. The molecule has 4 aliphatic rings. The molecular weight excluding hydrogens is 608 g/mol. The molecule has 4 saturated carbocycles. The third kappa shape index (κ3) is 9.35. The lowest BCUT2D eigenvalue weighted by molar-refractivity contribution is -0.217. The van der Waals surface area contributed by atoms with Gasteiger partial charge in [0.25, 0.3) is 0 Å². The Kier molecular flexibility index (Phi) is 16.0. The van der Waals surface area contributed by atoms with Crippen molar-refractivity contribution >= 4 is 23.9 Å². The SMILES string of the molecule is CCCCCCOC(=O)C1CCCCC1(C(=O)OCCCCCC)C1(C(=O)OC2CCCCC2)CCCCC1C(=O)OC1CCCCC1.